The van der Waals surface area contributed by atoms with Crippen molar-refractivity contribution in [2.75, 3.05) is 37.8 Å². The normalized spacial score (nSPS) is 22.4. The number of hydrogen-bond donors (Lipinski definition) is 10. The van der Waals surface area contributed by atoms with Crippen molar-refractivity contribution in [3.8, 4) is 0 Å². The maximum atomic E-state index is 12.6. The molecule has 7 atom stereocenters. The van der Waals surface area contributed by atoms with Crippen molar-refractivity contribution in [1.82, 2.24) is 30.2 Å². The van der Waals surface area contributed by atoms with Gasteiger partial charge in [0, 0.05) is 60.2 Å². The summed E-state index contributed by atoms with van der Waals surface area (Å²) in [5.41, 5.74) is 4.30. The zero-order valence-corrected chi connectivity index (χ0v) is 32.3. The number of carbonyl (C=O) groups is 2. The van der Waals surface area contributed by atoms with Gasteiger partial charge in [0.2, 0.25) is 11.8 Å². The van der Waals surface area contributed by atoms with Crippen LogP contribution < -0.4 is 16.4 Å². The number of hydrogen-bond acceptors (Lipinski definition) is 17. The molecule has 1 aliphatic rings. The third-order valence-electron chi connectivity index (χ3n) is 6.51. The number of phosphoric acid groups is 3. The number of nitrogens with two attached hydrogens (primary N) is 1. The molecule has 1 fully saturated rings. The Morgan fingerprint density at radius 2 is 1.74 bits per heavy atom. The van der Waals surface area contributed by atoms with E-state index in [2.05, 4.69) is 47.0 Å². The number of ether oxygens (including phenoxy) is 1. The molecular weight excluding hydrogens is 770 g/mol. The Morgan fingerprint density at radius 1 is 1.10 bits per heavy atom. The van der Waals surface area contributed by atoms with Gasteiger partial charge in [0.25, 0.3) is 0 Å². The van der Waals surface area contributed by atoms with Gasteiger partial charge in [-0.3, -0.25) is 27.7 Å². The molecule has 281 valence electrons. The van der Waals surface area contributed by atoms with Crippen LogP contribution in [0.4, 0.5) is 5.82 Å². The molecule has 2 amide bonds. The number of phosphoric ester groups is 3. The molecule has 0 spiro atoms. The smallest absolute Gasteiger partial charge is 0.412 e. The van der Waals surface area contributed by atoms with Crippen LogP contribution in [0.2, 0.25) is 0 Å². The van der Waals surface area contributed by atoms with Crippen LogP contribution >= 0.6 is 36.1 Å². The fraction of sp³-hybridized carbons (Fsp3) is 0.667. The molecule has 12 N–H and O–H groups in total. The Labute approximate surface area is 311 Å². The molecule has 1 aliphatic heterocycles. The van der Waals surface area contributed by atoms with E-state index >= 15 is 0 Å². The first-order chi connectivity index (χ1) is 22.2. The fourth-order valence-electron chi connectivity index (χ4n) is 4.14. The number of nitrogens with one attached hydrogen (secondary N) is 2. The van der Waals surface area contributed by atoms with Crippen LogP contribution in [0, 0.1) is 5.41 Å². The Bertz CT molecular complexity index is 1600. The largest absolute Gasteiger partial charge is 0.481 e. The number of nitrogens with zero attached hydrogens (tertiary/aromatic N) is 4. The van der Waals surface area contributed by atoms with Crippen molar-refractivity contribution in [2.45, 2.75) is 50.9 Å². The summed E-state index contributed by atoms with van der Waals surface area (Å²) in [5, 5.41) is 26.1. The number of aliphatic hydroxyl groups excluding tert-OH is 2. The molecule has 3 rings (SSSR count). The first-order valence-electron chi connectivity index (χ1n) is 13.7. The Balaban J connectivity index is 0.00000625. The standard InChI is InChI=1S/C21H36N7O16P3S.Na.H2O/c1-21(2,16(31)19(32)24-4-3-12(29)23-5-6-48)8-41-47(38,39)44-46(36,37)40-7-11-15(43-45(33,34)35)14(30)20(42-11)28-10-27-13-17(22)25-9-26-18(13)28;;/h9-11,14-16,20,30-31,48H,3-8H2,1-2H3,(H,23,29)(H,24,32)(H,36,37)(H,38,39)(H2,22,25,26)(H2,33,34,35);;1H2/t11-,14-,15-,16+,20-;;/m1../s1. The van der Waals surface area contributed by atoms with E-state index in [1.54, 1.807) is 0 Å². The molecule has 3 heterocycles. The molecule has 50 heavy (non-hydrogen) atoms. The van der Waals surface area contributed by atoms with Gasteiger partial charge in [-0.05, 0) is 0 Å². The van der Waals surface area contributed by atoms with Crippen LogP contribution in [0.5, 0.6) is 0 Å². The summed E-state index contributed by atoms with van der Waals surface area (Å²) in [6.07, 6.45) is -6.74. The first kappa shape index (κ1) is 46.9. The average molecular weight is 809 g/mol. The third-order valence-corrected chi connectivity index (χ3v) is 9.83. The van der Waals surface area contributed by atoms with E-state index in [1.165, 1.54) is 13.8 Å². The van der Waals surface area contributed by atoms with Crippen molar-refractivity contribution in [2.24, 2.45) is 5.41 Å². The minimum Gasteiger partial charge on any atom is -0.412 e. The van der Waals surface area contributed by atoms with Crippen LogP contribution in [0.25, 0.3) is 11.2 Å². The van der Waals surface area contributed by atoms with E-state index < -0.39 is 78.6 Å². The topological polar surface area (TPSA) is 378 Å². The van der Waals surface area contributed by atoms with E-state index in [4.69, 9.17) is 19.5 Å². The van der Waals surface area contributed by atoms with E-state index in [0.29, 0.717) is 12.3 Å². The van der Waals surface area contributed by atoms with Gasteiger partial charge >= 0.3 is 23.5 Å². The minimum absolute atomic E-state index is 0. The number of carbonyl (C=O) groups excluding carboxylic acids is 2. The maximum absolute atomic E-state index is 12.6. The van der Waals surface area contributed by atoms with E-state index in [9.17, 15) is 53.1 Å². The van der Waals surface area contributed by atoms with Crippen molar-refractivity contribution >= 4 is 94.5 Å². The van der Waals surface area contributed by atoms with Gasteiger partial charge in [0.15, 0.2) is 17.7 Å². The second-order valence-corrected chi connectivity index (χ2v) is 15.5. The molecule has 2 unspecified atom stereocenters. The summed E-state index contributed by atoms with van der Waals surface area (Å²) in [5.74, 6) is -0.943. The summed E-state index contributed by atoms with van der Waals surface area (Å²) in [6, 6.07) is 0. The molecule has 0 saturated carbocycles. The molecule has 2 aromatic heterocycles. The van der Waals surface area contributed by atoms with Gasteiger partial charge in [-0.1, -0.05) is 13.8 Å². The summed E-state index contributed by atoms with van der Waals surface area (Å²) in [6.45, 7) is 0.723. The maximum Gasteiger partial charge on any atom is 0.481 e. The minimum atomic E-state index is -5.54. The molecule has 29 heteroatoms. The predicted molar refractivity (Wildman–Crippen MR) is 173 cm³/mol. The first-order valence-corrected chi connectivity index (χ1v) is 18.8. The monoisotopic (exact) mass is 808 g/mol. The van der Waals surface area contributed by atoms with Crippen LogP contribution in [-0.4, -0.2) is 153 Å². The number of rotatable bonds is 18. The number of aromatic nitrogens is 4. The van der Waals surface area contributed by atoms with E-state index in [1.807, 2.05) is 0 Å². The van der Waals surface area contributed by atoms with Crippen LogP contribution in [0.1, 0.15) is 26.5 Å². The molecular formula is C21H38N7NaO17P3S. The summed E-state index contributed by atoms with van der Waals surface area (Å²) >= 11 is 3.95. The number of fused-ring (bicyclic) bond motifs is 1. The summed E-state index contributed by atoms with van der Waals surface area (Å²) in [4.78, 5) is 74.6. The Hall–Kier alpha value is -1.15. The molecule has 1 radical (unpaired) electrons. The second kappa shape index (κ2) is 19.3. The van der Waals surface area contributed by atoms with Gasteiger partial charge in [-0.25, -0.2) is 28.6 Å². The van der Waals surface area contributed by atoms with Crippen molar-refractivity contribution in [3.05, 3.63) is 12.7 Å². The van der Waals surface area contributed by atoms with Gasteiger partial charge < -0.3 is 56.4 Å². The molecule has 2 aromatic rings. The third kappa shape index (κ3) is 13.4. The van der Waals surface area contributed by atoms with Crippen LogP contribution in [0.3, 0.4) is 0 Å². The van der Waals surface area contributed by atoms with E-state index in [-0.39, 0.29) is 70.9 Å². The van der Waals surface area contributed by atoms with Gasteiger partial charge in [-0.2, -0.15) is 16.9 Å². The molecule has 0 aromatic carbocycles. The fourth-order valence-corrected chi connectivity index (χ4v) is 7.08. The predicted octanol–water partition coefficient (Wildman–Crippen LogP) is -2.87. The SMILES string of the molecule is CC(C)(COP(=O)(O)OP(=O)(O)OC[C@H]1O[C@@H](n2cnc3c(N)ncnc32)[C@H](O)[C@@H]1OP(=O)(O)O)[C@@H](O)C(=O)NCCC(=O)NCCS.O.[Na]. The summed E-state index contributed by atoms with van der Waals surface area (Å²) < 4.78 is 61.7. The molecule has 1 saturated heterocycles. The van der Waals surface area contributed by atoms with Crippen LogP contribution in [-0.2, 0) is 45.9 Å². The van der Waals surface area contributed by atoms with Crippen molar-refractivity contribution in [3.63, 3.8) is 0 Å². The van der Waals surface area contributed by atoms with Gasteiger partial charge in [0.05, 0.1) is 19.5 Å². The van der Waals surface area contributed by atoms with E-state index in [0.717, 1.165) is 17.2 Å². The van der Waals surface area contributed by atoms with Crippen molar-refractivity contribution in [1.29, 1.82) is 0 Å². The number of nitrogen functional groups attached to an aromatic ring is 1. The zero-order valence-electron chi connectivity index (χ0n) is 26.7. The number of thiol groups is 1. The zero-order chi connectivity index (χ0) is 36.1. The van der Waals surface area contributed by atoms with Crippen LogP contribution in [0.15, 0.2) is 12.7 Å². The molecule has 0 bridgehead atoms. The second-order valence-electron chi connectivity index (χ2n) is 10.8. The summed E-state index contributed by atoms with van der Waals surface area (Å²) in [7, 11) is -16.3. The molecule has 24 nitrogen and oxygen atoms in total. The van der Waals surface area contributed by atoms with Gasteiger partial charge in [-0.15, -0.1) is 0 Å². The number of aliphatic hydroxyl groups is 2. The van der Waals surface area contributed by atoms with Crippen molar-refractivity contribution < 1.29 is 81.2 Å². The van der Waals surface area contributed by atoms with Gasteiger partial charge in [0.1, 0.15) is 36.3 Å². The quantitative estimate of drug-likeness (QED) is 0.0411. The Morgan fingerprint density at radius 3 is 2.36 bits per heavy atom. The molecule has 0 aliphatic carbocycles. The number of amides is 2. The average Bonchev–Trinajstić information content (AvgIpc) is 3.54. The Kier molecular flexibility index (Phi) is 18.1. The number of imidazole rings is 1. The number of anilines is 1.